The van der Waals surface area contributed by atoms with Crippen molar-refractivity contribution in [3.05, 3.63) is 22.9 Å². The van der Waals surface area contributed by atoms with Crippen LogP contribution in [-0.4, -0.2) is 51.2 Å². The first-order valence-electron chi connectivity index (χ1n) is 10.6. The van der Waals surface area contributed by atoms with Crippen molar-refractivity contribution in [1.82, 2.24) is 4.98 Å². The number of thioether (sulfide) groups is 1. The van der Waals surface area contributed by atoms with Crippen molar-refractivity contribution >= 4 is 28.5 Å². The summed E-state index contributed by atoms with van der Waals surface area (Å²) in [7, 11) is -1.05. The van der Waals surface area contributed by atoms with Gasteiger partial charge in [-0.3, -0.25) is 9.00 Å². The molecule has 0 amide bonds. The lowest BCUT2D eigenvalue weighted by atomic mass is 9.95. The number of fused-ring (bicyclic) bond motifs is 1. The predicted octanol–water partition coefficient (Wildman–Crippen LogP) is 3.81. The SMILES string of the molecule is CCCCS(=O)CC(COC(C)C)OC(=O)CSc1nc2c(cc1C#N)CCCC2. The summed E-state index contributed by atoms with van der Waals surface area (Å²) in [5, 5.41) is 10.0. The van der Waals surface area contributed by atoms with Crippen molar-refractivity contribution in [2.45, 2.75) is 76.5 Å². The zero-order valence-electron chi connectivity index (χ0n) is 18.1. The molecule has 2 unspecified atom stereocenters. The second-order valence-corrected chi connectivity index (χ2v) is 10.3. The molecule has 0 aromatic carbocycles. The maximum absolute atomic E-state index is 12.4. The molecule has 8 heteroatoms. The fourth-order valence-electron chi connectivity index (χ4n) is 3.16. The lowest BCUT2D eigenvalue weighted by Crippen LogP contribution is -2.31. The van der Waals surface area contributed by atoms with Crippen LogP contribution in [-0.2, 0) is 37.9 Å². The minimum atomic E-state index is -1.05. The molecule has 1 aliphatic carbocycles. The van der Waals surface area contributed by atoms with E-state index in [0.717, 1.165) is 49.8 Å². The molecule has 1 aromatic rings. The molecule has 0 N–H and O–H groups in total. The van der Waals surface area contributed by atoms with Crippen molar-refractivity contribution in [1.29, 1.82) is 5.26 Å². The van der Waals surface area contributed by atoms with Crippen LogP contribution in [0.1, 0.15) is 63.3 Å². The fourth-order valence-corrected chi connectivity index (χ4v) is 5.28. The minimum absolute atomic E-state index is 0.00235. The first-order valence-corrected chi connectivity index (χ1v) is 13.1. The van der Waals surface area contributed by atoms with Gasteiger partial charge in [0, 0.05) is 22.2 Å². The number of hydrogen-bond acceptors (Lipinski definition) is 7. The lowest BCUT2D eigenvalue weighted by Gasteiger charge is -2.19. The summed E-state index contributed by atoms with van der Waals surface area (Å²) in [6.45, 7) is 6.10. The van der Waals surface area contributed by atoms with E-state index in [1.165, 1.54) is 11.8 Å². The number of esters is 1. The monoisotopic (exact) mass is 452 g/mol. The Morgan fingerprint density at radius 2 is 2.13 bits per heavy atom. The van der Waals surface area contributed by atoms with E-state index in [1.54, 1.807) is 0 Å². The van der Waals surface area contributed by atoms with Crippen LogP contribution < -0.4 is 0 Å². The number of ether oxygens (including phenoxy) is 2. The van der Waals surface area contributed by atoms with Gasteiger partial charge in [-0.25, -0.2) is 4.98 Å². The Kier molecular flexibility index (Phi) is 10.8. The molecule has 0 fully saturated rings. The van der Waals surface area contributed by atoms with Crippen molar-refractivity contribution in [2.24, 2.45) is 0 Å². The summed E-state index contributed by atoms with van der Waals surface area (Å²) in [5.74, 6) is 0.531. The number of hydrogen-bond donors (Lipinski definition) is 0. The molecule has 0 radical (unpaired) electrons. The smallest absolute Gasteiger partial charge is 0.316 e. The molecule has 0 spiro atoms. The maximum atomic E-state index is 12.4. The molecular weight excluding hydrogens is 420 g/mol. The third-order valence-electron chi connectivity index (χ3n) is 4.72. The Hall–Kier alpha value is -1.43. The highest BCUT2D eigenvalue weighted by molar-refractivity contribution is 7.99. The van der Waals surface area contributed by atoms with Crippen LogP contribution in [0.5, 0.6) is 0 Å². The summed E-state index contributed by atoms with van der Waals surface area (Å²) in [5.41, 5.74) is 2.68. The Morgan fingerprint density at radius 3 is 2.83 bits per heavy atom. The Morgan fingerprint density at radius 1 is 1.37 bits per heavy atom. The molecule has 0 saturated heterocycles. The van der Waals surface area contributed by atoms with Crippen molar-refractivity contribution in [3.8, 4) is 6.07 Å². The predicted molar refractivity (Wildman–Crippen MR) is 120 cm³/mol. The molecule has 2 rings (SSSR count). The average Bonchev–Trinajstić information content (AvgIpc) is 2.73. The van der Waals surface area contributed by atoms with Crippen LogP contribution in [0, 0.1) is 11.3 Å². The molecule has 1 aliphatic rings. The minimum Gasteiger partial charge on any atom is -0.458 e. The first-order chi connectivity index (χ1) is 14.4. The molecule has 0 bridgehead atoms. The molecule has 1 heterocycles. The van der Waals surface area contributed by atoms with E-state index in [2.05, 4.69) is 18.0 Å². The van der Waals surface area contributed by atoms with Crippen LogP contribution in [0.2, 0.25) is 0 Å². The van der Waals surface area contributed by atoms with E-state index in [4.69, 9.17) is 9.47 Å². The summed E-state index contributed by atoms with van der Waals surface area (Å²) in [6.07, 6.45) is 5.42. The first kappa shape index (κ1) is 24.8. The summed E-state index contributed by atoms with van der Waals surface area (Å²) >= 11 is 1.23. The van der Waals surface area contributed by atoms with E-state index >= 15 is 0 Å². The highest BCUT2D eigenvalue weighted by Gasteiger charge is 2.21. The van der Waals surface area contributed by atoms with Gasteiger partial charge in [0.1, 0.15) is 17.2 Å². The zero-order valence-corrected chi connectivity index (χ0v) is 19.8. The number of nitrogens with zero attached hydrogens (tertiary/aromatic N) is 2. The van der Waals surface area contributed by atoms with Gasteiger partial charge in [0.05, 0.1) is 29.8 Å². The van der Waals surface area contributed by atoms with Crippen LogP contribution in [0.4, 0.5) is 0 Å². The van der Waals surface area contributed by atoms with Gasteiger partial charge in [0.15, 0.2) is 0 Å². The quantitative estimate of drug-likeness (QED) is 0.352. The van der Waals surface area contributed by atoms with Gasteiger partial charge < -0.3 is 9.47 Å². The molecule has 1 aromatic heterocycles. The van der Waals surface area contributed by atoms with Gasteiger partial charge in [-0.05, 0) is 57.6 Å². The second-order valence-electron chi connectivity index (χ2n) is 7.71. The highest BCUT2D eigenvalue weighted by Crippen LogP contribution is 2.27. The number of carbonyl (C=O) groups is 1. The Balaban J connectivity index is 1.95. The largest absolute Gasteiger partial charge is 0.458 e. The Labute approximate surface area is 186 Å². The van der Waals surface area contributed by atoms with Crippen LogP contribution >= 0.6 is 11.8 Å². The normalized spacial score (nSPS) is 15.3. The van der Waals surface area contributed by atoms with E-state index in [1.807, 2.05) is 19.9 Å². The van der Waals surface area contributed by atoms with Gasteiger partial charge in [-0.2, -0.15) is 5.26 Å². The number of unbranched alkanes of at least 4 members (excludes halogenated alkanes) is 1. The van der Waals surface area contributed by atoms with Gasteiger partial charge in [-0.15, -0.1) is 0 Å². The molecule has 6 nitrogen and oxygen atoms in total. The van der Waals surface area contributed by atoms with Crippen molar-refractivity contribution in [2.75, 3.05) is 23.9 Å². The molecular formula is C22H32N2O4S2. The van der Waals surface area contributed by atoms with Crippen LogP contribution in [0.25, 0.3) is 0 Å². The average molecular weight is 453 g/mol. The van der Waals surface area contributed by atoms with E-state index in [0.29, 0.717) is 16.3 Å². The number of pyridine rings is 1. The van der Waals surface area contributed by atoms with Crippen LogP contribution in [0.15, 0.2) is 11.1 Å². The van der Waals surface area contributed by atoms with Gasteiger partial charge >= 0.3 is 5.97 Å². The van der Waals surface area contributed by atoms with Gasteiger partial charge in [0.2, 0.25) is 0 Å². The summed E-state index contributed by atoms with van der Waals surface area (Å²) < 4.78 is 23.4. The number of aromatic nitrogens is 1. The third kappa shape index (κ3) is 8.37. The fraction of sp³-hybridized carbons (Fsp3) is 0.682. The third-order valence-corrected chi connectivity index (χ3v) is 7.18. The van der Waals surface area contributed by atoms with Gasteiger partial charge in [-0.1, -0.05) is 25.1 Å². The zero-order chi connectivity index (χ0) is 21.9. The maximum Gasteiger partial charge on any atom is 0.316 e. The van der Waals surface area contributed by atoms with Crippen LogP contribution in [0.3, 0.4) is 0 Å². The van der Waals surface area contributed by atoms with Crippen molar-refractivity contribution < 1.29 is 18.5 Å². The molecule has 0 saturated carbocycles. The molecule has 2 atom stereocenters. The Bertz CT molecular complexity index is 777. The highest BCUT2D eigenvalue weighted by atomic mass is 32.2. The standard InChI is InChI=1S/C22H32N2O4S2/c1-4-5-10-30(26)15-19(13-27-16(2)3)28-21(25)14-29-22-18(12-23)11-17-8-6-7-9-20(17)24-22/h11,16,19H,4-10,13-15H2,1-3H3. The topological polar surface area (TPSA) is 89.3 Å². The van der Waals surface area contributed by atoms with E-state index < -0.39 is 22.9 Å². The van der Waals surface area contributed by atoms with E-state index in [-0.39, 0.29) is 24.2 Å². The number of carbonyl (C=O) groups excluding carboxylic acids is 1. The second kappa shape index (κ2) is 13.1. The summed E-state index contributed by atoms with van der Waals surface area (Å²) in [6, 6.07) is 4.10. The van der Waals surface area contributed by atoms with E-state index in [9.17, 15) is 14.3 Å². The number of rotatable bonds is 12. The molecule has 166 valence electrons. The van der Waals surface area contributed by atoms with Gasteiger partial charge in [0.25, 0.3) is 0 Å². The molecule has 0 aliphatic heterocycles. The molecule has 30 heavy (non-hydrogen) atoms. The lowest BCUT2D eigenvalue weighted by molar-refractivity contribution is -0.148. The summed E-state index contributed by atoms with van der Waals surface area (Å²) in [4.78, 5) is 17.1. The number of aryl methyl sites for hydroxylation is 2. The van der Waals surface area contributed by atoms with Crippen molar-refractivity contribution in [3.63, 3.8) is 0 Å². The number of nitriles is 1.